The van der Waals surface area contributed by atoms with Gasteiger partial charge in [-0.05, 0) is 39.0 Å². The van der Waals surface area contributed by atoms with Crippen molar-refractivity contribution >= 4 is 22.1 Å². The van der Waals surface area contributed by atoms with Crippen LogP contribution in [-0.4, -0.2) is 60.9 Å². The van der Waals surface area contributed by atoms with Crippen LogP contribution < -0.4 is 5.32 Å². The Labute approximate surface area is 151 Å². The van der Waals surface area contributed by atoms with Gasteiger partial charge in [-0.25, -0.2) is 13.2 Å². The van der Waals surface area contributed by atoms with E-state index in [0.29, 0.717) is 5.92 Å². The molecular formula is C16H32N2O6S. The minimum absolute atomic E-state index is 0.0351. The predicted octanol–water partition coefficient (Wildman–Crippen LogP) is 1.91. The molecule has 0 aromatic rings. The molecule has 9 heteroatoms. The van der Waals surface area contributed by atoms with Gasteiger partial charge in [0, 0.05) is 13.1 Å². The molecule has 0 spiro atoms. The molecule has 0 rings (SSSR count). The van der Waals surface area contributed by atoms with Crippen molar-refractivity contribution in [1.82, 2.24) is 9.62 Å². The molecule has 0 fully saturated rings. The maximum atomic E-state index is 12.4. The van der Waals surface area contributed by atoms with E-state index in [1.807, 2.05) is 20.8 Å². The van der Waals surface area contributed by atoms with Crippen molar-refractivity contribution in [3.05, 3.63) is 0 Å². The molecule has 1 amide bonds. The van der Waals surface area contributed by atoms with E-state index < -0.39 is 34.2 Å². The summed E-state index contributed by atoms with van der Waals surface area (Å²) in [6, 6.07) is 0. The first kappa shape index (κ1) is 23.6. The smallest absolute Gasteiger partial charge is 0.407 e. The van der Waals surface area contributed by atoms with Crippen molar-refractivity contribution in [1.29, 1.82) is 0 Å². The number of carbonyl (C=O) groups is 2. The Morgan fingerprint density at radius 1 is 1.20 bits per heavy atom. The van der Waals surface area contributed by atoms with Gasteiger partial charge in [-0.1, -0.05) is 20.8 Å². The van der Waals surface area contributed by atoms with Crippen LogP contribution in [0, 0.1) is 11.8 Å². The first-order valence-corrected chi connectivity index (χ1v) is 10.0. The van der Waals surface area contributed by atoms with Crippen LogP contribution in [0.3, 0.4) is 0 Å². The van der Waals surface area contributed by atoms with E-state index >= 15 is 0 Å². The second-order valence-corrected chi connectivity index (χ2v) is 9.75. The first-order valence-electron chi connectivity index (χ1n) is 8.39. The van der Waals surface area contributed by atoms with Gasteiger partial charge in [0.2, 0.25) is 10.0 Å². The summed E-state index contributed by atoms with van der Waals surface area (Å²) in [6.45, 7) is 10.5. The molecule has 0 heterocycles. The van der Waals surface area contributed by atoms with E-state index in [2.05, 4.69) is 5.32 Å². The van der Waals surface area contributed by atoms with Crippen molar-refractivity contribution in [3.63, 3.8) is 0 Å². The fourth-order valence-electron chi connectivity index (χ4n) is 2.38. The lowest BCUT2D eigenvalue weighted by molar-refractivity contribution is -0.137. The molecule has 1 atom stereocenters. The van der Waals surface area contributed by atoms with Gasteiger partial charge in [-0.3, -0.25) is 4.79 Å². The van der Waals surface area contributed by atoms with Gasteiger partial charge in [-0.15, -0.1) is 0 Å². The Kier molecular flexibility index (Phi) is 9.42. The molecule has 0 unspecified atom stereocenters. The summed E-state index contributed by atoms with van der Waals surface area (Å²) in [5.74, 6) is -1.17. The van der Waals surface area contributed by atoms with E-state index in [1.54, 1.807) is 20.8 Å². The van der Waals surface area contributed by atoms with Gasteiger partial charge >= 0.3 is 12.1 Å². The predicted molar refractivity (Wildman–Crippen MR) is 95.9 cm³/mol. The fourth-order valence-corrected chi connectivity index (χ4v) is 3.79. The number of hydrogen-bond donors (Lipinski definition) is 2. The average molecular weight is 381 g/mol. The van der Waals surface area contributed by atoms with Crippen molar-refractivity contribution in [3.8, 4) is 0 Å². The lowest BCUT2D eigenvalue weighted by Gasteiger charge is -2.25. The largest absolute Gasteiger partial charge is 0.480 e. The number of alkyl carbamates (subject to hydrolysis) is 1. The zero-order valence-electron chi connectivity index (χ0n) is 16.0. The van der Waals surface area contributed by atoms with Gasteiger partial charge in [0.1, 0.15) is 12.1 Å². The van der Waals surface area contributed by atoms with Crippen molar-refractivity contribution in [2.45, 2.75) is 53.6 Å². The Morgan fingerprint density at radius 3 is 2.20 bits per heavy atom. The summed E-state index contributed by atoms with van der Waals surface area (Å²) in [5.41, 5.74) is -0.676. The molecule has 2 N–H and O–H groups in total. The Balaban J connectivity index is 4.76. The van der Waals surface area contributed by atoms with Crippen LogP contribution in [0.1, 0.15) is 48.0 Å². The van der Waals surface area contributed by atoms with Gasteiger partial charge in [-0.2, -0.15) is 4.31 Å². The maximum Gasteiger partial charge on any atom is 0.407 e. The molecule has 0 aromatic carbocycles. The fraction of sp³-hybridized carbons (Fsp3) is 0.875. The number of carbonyl (C=O) groups excluding carboxylic acids is 1. The third kappa shape index (κ3) is 11.8. The number of aliphatic carboxylic acids is 1. The maximum absolute atomic E-state index is 12.4. The molecule has 0 aliphatic carbocycles. The quantitative estimate of drug-likeness (QED) is 0.598. The van der Waals surface area contributed by atoms with Crippen molar-refractivity contribution in [2.75, 3.05) is 25.4 Å². The monoisotopic (exact) mass is 380 g/mol. The van der Waals surface area contributed by atoms with Gasteiger partial charge in [0.15, 0.2) is 0 Å². The zero-order valence-corrected chi connectivity index (χ0v) is 16.9. The molecule has 25 heavy (non-hydrogen) atoms. The highest BCUT2D eigenvalue weighted by molar-refractivity contribution is 7.89. The second kappa shape index (κ2) is 9.96. The summed E-state index contributed by atoms with van der Waals surface area (Å²) in [5, 5.41) is 11.4. The SMILES string of the molecule is CC(C)C[C@H](C)CN(CC(=O)O)S(=O)(=O)CCNC(=O)OC(C)(C)C. The molecule has 0 aromatic heterocycles. The minimum atomic E-state index is -3.81. The molecule has 148 valence electrons. The van der Waals surface area contributed by atoms with Crippen LogP contribution in [0.2, 0.25) is 0 Å². The summed E-state index contributed by atoms with van der Waals surface area (Å²) >= 11 is 0. The summed E-state index contributed by atoms with van der Waals surface area (Å²) in [4.78, 5) is 22.6. The molecule has 0 aliphatic heterocycles. The normalized spacial score (nSPS) is 13.8. The Hall–Kier alpha value is -1.35. The van der Waals surface area contributed by atoms with Gasteiger partial charge in [0.25, 0.3) is 0 Å². The Morgan fingerprint density at radius 2 is 1.76 bits per heavy atom. The molecule has 0 saturated heterocycles. The number of ether oxygens (including phenoxy) is 1. The number of carboxylic acids is 1. The van der Waals surface area contributed by atoms with E-state index in [9.17, 15) is 18.0 Å². The lowest BCUT2D eigenvalue weighted by Crippen LogP contribution is -2.43. The van der Waals surface area contributed by atoms with Crippen molar-refractivity contribution in [2.24, 2.45) is 11.8 Å². The summed E-state index contributed by atoms with van der Waals surface area (Å²) in [6.07, 6.45) is 0.0857. The number of rotatable bonds is 10. The highest BCUT2D eigenvalue weighted by Gasteiger charge is 2.26. The number of carboxylic acid groups (broad SMARTS) is 1. The van der Waals surface area contributed by atoms with Gasteiger partial charge < -0.3 is 15.2 Å². The van der Waals surface area contributed by atoms with Crippen LogP contribution in [0.5, 0.6) is 0 Å². The third-order valence-electron chi connectivity index (χ3n) is 3.12. The van der Waals surface area contributed by atoms with E-state index in [4.69, 9.17) is 9.84 Å². The first-order chi connectivity index (χ1) is 11.2. The highest BCUT2D eigenvalue weighted by Crippen LogP contribution is 2.15. The van der Waals surface area contributed by atoms with E-state index in [1.165, 1.54) is 0 Å². The molecular weight excluding hydrogens is 348 g/mol. The Bertz CT molecular complexity index is 539. The molecule has 0 saturated carbocycles. The molecule has 8 nitrogen and oxygen atoms in total. The zero-order chi connectivity index (χ0) is 19.8. The minimum Gasteiger partial charge on any atom is -0.480 e. The lowest BCUT2D eigenvalue weighted by atomic mass is 9.99. The topological polar surface area (TPSA) is 113 Å². The van der Waals surface area contributed by atoms with Crippen LogP contribution in [0.4, 0.5) is 4.79 Å². The average Bonchev–Trinajstić information content (AvgIpc) is 2.33. The summed E-state index contributed by atoms with van der Waals surface area (Å²) < 4.78 is 30.9. The van der Waals surface area contributed by atoms with Crippen LogP contribution in [0.25, 0.3) is 0 Å². The second-order valence-electron chi connectivity index (χ2n) is 7.67. The number of nitrogens with zero attached hydrogens (tertiary/aromatic N) is 1. The molecule has 0 radical (unpaired) electrons. The summed E-state index contributed by atoms with van der Waals surface area (Å²) in [7, 11) is -3.81. The van der Waals surface area contributed by atoms with Crippen LogP contribution in [-0.2, 0) is 19.6 Å². The van der Waals surface area contributed by atoms with E-state index in [0.717, 1.165) is 10.7 Å². The highest BCUT2D eigenvalue weighted by atomic mass is 32.2. The van der Waals surface area contributed by atoms with E-state index in [-0.39, 0.29) is 24.8 Å². The number of hydrogen-bond acceptors (Lipinski definition) is 5. The molecule has 0 bridgehead atoms. The molecule has 0 aliphatic rings. The number of amides is 1. The van der Waals surface area contributed by atoms with Crippen LogP contribution >= 0.6 is 0 Å². The third-order valence-corrected chi connectivity index (χ3v) is 4.91. The number of nitrogens with one attached hydrogen (secondary N) is 1. The van der Waals surface area contributed by atoms with Crippen molar-refractivity contribution < 1.29 is 27.9 Å². The van der Waals surface area contributed by atoms with Crippen LogP contribution in [0.15, 0.2) is 0 Å². The number of sulfonamides is 1. The standard InChI is InChI=1S/C16H32N2O6S/c1-12(2)9-13(3)10-18(11-14(19)20)25(22,23)8-7-17-15(21)24-16(4,5)6/h12-13H,7-11H2,1-6H3,(H,17,21)(H,19,20)/t13-/m0/s1. The van der Waals surface area contributed by atoms with Gasteiger partial charge in [0.05, 0.1) is 5.75 Å².